The van der Waals surface area contributed by atoms with Crippen LogP contribution < -0.4 is 14.9 Å². The van der Waals surface area contributed by atoms with Gasteiger partial charge in [0.25, 0.3) is 5.56 Å². The van der Waals surface area contributed by atoms with Crippen molar-refractivity contribution in [2.45, 2.75) is 25.1 Å². The van der Waals surface area contributed by atoms with Crippen molar-refractivity contribution >= 4 is 34.7 Å². The number of hydrogen-bond donors (Lipinski definition) is 0. The van der Waals surface area contributed by atoms with Gasteiger partial charge >= 0.3 is 6.18 Å². The number of alkyl halides is 3. The number of allylic oxidation sites excluding steroid dienone is 1. The van der Waals surface area contributed by atoms with Crippen molar-refractivity contribution in [2.75, 3.05) is 0 Å². The molecule has 9 heteroatoms. The number of rotatable bonds is 3. The Morgan fingerprint density at radius 3 is 2.59 bits per heavy atom. The number of nitrogens with zero attached hydrogens (tertiary/aromatic N) is 2. The summed E-state index contributed by atoms with van der Waals surface area (Å²) in [4.78, 5) is 19.4. The van der Waals surface area contributed by atoms with E-state index in [-0.39, 0.29) is 17.4 Å². The first-order chi connectivity index (χ1) is 19.8. The molecular formula is C32H20ClF3N2O2S. The Morgan fingerprint density at radius 2 is 1.78 bits per heavy atom. The van der Waals surface area contributed by atoms with E-state index in [0.717, 1.165) is 47.4 Å². The lowest BCUT2D eigenvalue weighted by atomic mass is 9.83. The summed E-state index contributed by atoms with van der Waals surface area (Å²) in [5.41, 5.74) is 4.54. The monoisotopic (exact) mass is 588 g/mol. The van der Waals surface area contributed by atoms with Crippen LogP contribution in [0.2, 0.25) is 5.02 Å². The predicted molar refractivity (Wildman–Crippen MR) is 153 cm³/mol. The molecule has 7 rings (SSSR count). The van der Waals surface area contributed by atoms with Gasteiger partial charge in [0.1, 0.15) is 11.5 Å². The second kappa shape index (κ2) is 9.75. The Labute approximate surface area is 241 Å². The Kier molecular flexibility index (Phi) is 6.14. The highest BCUT2D eigenvalue weighted by Gasteiger charge is 2.33. The second-order valence-electron chi connectivity index (χ2n) is 9.95. The number of benzene rings is 3. The summed E-state index contributed by atoms with van der Waals surface area (Å²) in [6.45, 7) is 0. The van der Waals surface area contributed by atoms with E-state index in [1.165, 1.54) is 23.0 Å². The van der Waals surface area contributed by atoms with Crippen LogP contribution in [0.25, 0.3) is 23.1 Å². The van der Waals surface area contributed by atoms with Gasteiger partial charge in [-0.1, -0.05) is 71.5 Å². The molecule has 204 valence electrons. The fourth-order valence-corrected chi connectivity index (χ4v) is 6.64. The summed E-state index contributed by atoms with van der Waals surface area (Å²) in [6.07, 6.45) is -1.22. The van der Waals surface area contributed by atoms with Gasteiger partial charge < -0.3 is 4.42 Å². The summed E-state index contributed by atoms with van der Waals surface area (Å²) >= 11 is 7.45. The van der Waals surface area contributed by atoms with Crippen LogP contribution in [0.1, 0.15) is 40.5 Å². The number of aryl methyl sites for hydroxylation is 1. The van der Waals surface area contributed by atoms with E-state index in [0.29, 0.717) is 25.7 Å². The SMILES string of the molecule is O=c1/c(=C\c2ccc(-c3cccc(C(F)(F)F)c3)o2)sc2n1[C@H](c1ccc(Cl)cc1)C1=C(N=2)c2ccccc2CC1. The average molecular weight is 589 g/mol. The molecule has 0 saturated carbocycles. The summed E-state index contributed by atoms with van der Waals surface area (Å²) in [5.74, 6) is 0.640. The molecule has 0 radical (unpaired) electrons. The van der Waals surface area contributed by atoms with Gasteiger partial charge in [0.15, 0.2) is 4.80 Å². The quantitative estimate of drug-likeness (QED) is 0.223. The molecule has 41 heavy (non-hydrogen) atoms. The zero-order valence-corrected chi connectivity index (χ0v) is 22.9. The number of thiazole rings is 1. The van der Waals surface area contributed by atoms with Crippen LogP contribution >= 0.6 is 22.9 Å². The van der Waals surface area contributed by atoms with Crippen LogP contribution in [0, 0.1) is 0 Å². The van der Waals surface area contributed by atoms with Crippen molar-refractivity contribution in [2.24, 2.45) is 4.99 Å². The van der Waals surface area contributed by atoms with E-state index in [4.69, 9.17) is 21.0 Å². The molecule has 1 atom stereocenters. The number of aromatic nitrogens is 1. The third kappa shape index (κ3) is 4.57. The molecule has 5 aromatic rings. The number of fused-ring (bicyclic) bond motifs is 3. The highest BCUT2D eigenvalue weighted by Crippen LogP contribution is 2.41. The maximum Gasteiger partial charge on any atom is 0.416 e. The van der Waals surface area contributed by atoms with Crippen molar-refractivity contribution in [1.29, 1.82) is 0 Å². The Morgan fingerprint density at radius 1 is 0.976 bits per heavy atom. The van der Waals surface area contributed by atoms with Crippen molar-refractivity contribution in [1.82, 2.24) is 4.57 Å². The van der Waals surface area contributed by atoms with Gasteiger partial charge in [-0.05, 0) is 65.9 Å². The third-order valence-electron chi connectivity index (χ3n) is 7.43. The van der Waals surface area contributed by atoms with Gasteiger partial charge in [0.2, 0.25) is 0 Å². The lowest BCUT2D eigenvalue weighted by Crippen LogP contribution is -2.38. The molecule has 0 amide bonds. The highest BCUT2D eigenvalue weighted by molar-refractivity contribution is 7.07. The minimum Gasteiger partial charge on any atom is -0.457 e. The van der Waals surface area contributed by atoms with Crippen LogP contribution in [0.5, 0.6) is 0 Å². The van der Waals surface area contributed by atoms with E-state index in [2.05, 4.69) is 12.1 Å². The van der Waals surface area contributed by atoms with E-state index in [1.54, 1.807) is 28.8 Å². The summed E-state index contributed by atoms with van der Waals surface area (Å²) in [6, 6.07) is 23.6. The maximum atomic E-state index is 13.9. The number of hydrogen-bond acceptors (Lipinski definition) is 4. The van der Waals surface area contributed by atoms with Gasteiger partial charge in [0, 0.05) is 22.2 Å². The van der Waals surface area contributed by atoms with Gasteiger partial charge in [0.05, 0.1) is 21.8 Å². The zero-order valence-electron chi connectivity index (χ0n) is 21.3. The van der Waals surface area contributed by atoms with E-state index < -0.39 is 11.7 Å². The Bertz CT molecular complexity index is 2030. The standard InChI is InChI=1S/C32H20ClF3N2O2S/c33-22-11-8-19(9-12-22)29-25-14-10-18-4-1-2-7-24(18)28(25)37-31-38(29)30(39)27(41-31)17-23-13-15-26(40-23)20-5-3-6-21(16-20)32(34,35)36/h1-9,11-13,15-17,29H,10,14H2/b27-17+/t29-/m1/s1. The first kappa shape index (κ1) is 25.8. The lowest BCUT2D eigenvalue weighted by molar-refractivity contribution is -0.137. The van der Waals surface area contributed by atoms with Crippen LogP contribution in [-0.4, -0.2) is 4.57 Å². The van der Waals surface area contributed by atoms with E-state index in [1.807, 2.05) is 36.4 Å². The average Bonchev–Trinajstić information content (AvgIpc) is 3.56. The van der Waals surface area contributed by atoms with Crippen molar-refractivity contribution < 1.29 is 17.6 Å². The molecule has 3 heterocycles. The van der Waals surface area contributed by atoms with Crippen LogP contribution in [0.15, 0.2) is 105 Å². The maximum absolute atomic E-state index is 13.9. The minimum atomic E-state index is -4.46. The second-order valence-corrected chi connectivity index (χ2v) is 11.4. The molecule has 1 aliphatic carbocycles. The molecule has 0 spiro atoms. The molecule has 4 nitrogen and oxygen atoms in total. The molecule has 0 saturated heterocycles. The van der Waals surface area contributed by atoms with Gasteiger partial charge in [-0.15, -0.1) is 0 Å². The molecule has 0 unspecified atom stereocenters. The van der Waals surface area contributed by atoms with Crippen LogP contribution in [-0.2, 0) is 12.6 Å². The predicted octanol–water partition coefficient (Wildman–Crippen LogP) is 7.25. The molecular weight excluding hydrogens is 569 g/mol. The van der Waals surface area contributed by atoms with E-state index >= 15 is 0 Å². The number of furan rings is 1. The summed E-state index contributed by atoms with van der Waals surface area (Å²) in [7, 11) is 0. The van der Waals surface area contributed by atoms with Crippen molar-refractivity contribution in [3.8, 4) is 11.3 Å². The normalized spacial score (nSPS) is 16.7. The largest absolute Gasteiger partial charge is 0.457 e. The molecule has 0 fully saturated rings. The fraction of sp³-hybridized carbons (Fsp3) is 0.125. The van der Waals surface area contributed by atoms with Gasteiger partial charge in [-0.25, -0.2) is 4.99 Å². The van der Waals surface area contributed by atoms with Crippen LogP contribution in [0.4, 0.5) is 13.2 Å². The molecule has 3 aromatic carbocycles. The molecule has 0 bridgehead atoms. The fourth-order valence-electron chi connectivity index (χ4n) is 5.53. The van der Waals surface area contributed by atoms with Crippen molar-refractivity contribution in [3.05, 3.63) is 143 Å². The van der Waals surface area contributed by atoms with Gasteiger partial charge in [-0.3, -0.25) is 9.36 Å². The topological polar surface area (TPSA) is 47.5 Å². The molecule has 2 aliphatic rings. The molecule has 2 aromatic heterocycles. The molecule has 0 N–H and O–H groups in total. The summed E-state index contributed by atoms with van der Waals surface area (Å²) in [5, 5.41) is 0.610. The first-order valence-electron chi connectivity index (χ1n) is 12.9. The minimum absolute atomic E-state index is 0.212. The lowest BCUT2D eigenvalue weighted by Gasteiger charge is -2.30. The number of halogens is 4. The third-order valence-corrected chi connectivity index (χ3v) is 8.67. The van der Waals surface area contributed by atoms with Gasteiger partial charge in [-0.2, -0.15) is 13.2 Å². The van der Waals surface area contributed by atoms with Crippen LogP contribution in [0.3, 0.4) is 0 Å². The highest BCUT2D eigenvalue weighted by atomic mass is 35.5. The Balaban J connectivity index is 1.36. The summed E-state index contributed by atoms with van der Waals surface area (Å²) < 4.78 is 47.6. The van der Waals surface area contributed by atoms with Crippen molar-refractivity contribution in [3.63, 3.8) is 0 Å². The zero-order chi connectivity index (χ0) is 28.3. The first-order valence-corrected chi connectivity index (χ1v) is 14.1. The molecule has 1 aliphatic heterocycles. The van der Waals surface area contributed by atoms with E-state index in [9.17, 15) is 18.0 Å². The Hall–Kier alpha value is -4.14. The smallest absolute Gasteiger partial charge is 0.416 e.